The van der Waals surface area contributed by atoms with E-state index in [9.17, 15) is 0 Å². The highest BCUT2D eigenvalue weighted by molar-refractivity contribution is 4.99. The van der Waals surface area contributed by atoms with Gasteiger partial charge in [-0.3, -0.25) is 4.90 Å². The minimum atomic E-state index is 0.213. The van der Waals surface area contributed by atoms with Gasteiger partial charge in [-0.1, -0.05) is 13.8 Å². The second-order valence-electron chi connectivity index (χ2n) is 5.17. The lowest BCUT2D eigenvalue weighted by Gasteiger charge is -2.42. The predicted octanol–water partition coefficient (Wildman–Crippen LogP) is 1.84. The van der Waals surface area contributed by atoms with Crippen LogP contribution in [-0.4, -0.2) is 24.0 Å². The van der Waals surface area contributed by atoms with Crippen LogP contribution in [-0.2, 0) is 6.54 Å². The molecule has 1 atom stereocenters. The van der Waals surface area contributed by atoms with Crippen molar-refractivity contribution in [3.63, 3.8) is 0 Å². The van der Waals surface area contributed by atoms with E-state index in [1.54, 1.807) is 6.26 Å². The number of nitrogens with zero attached hydrogens (tertiary/aromatic N) is 1. The fraction of sp³-hybridized carbons (Fsp3) is 0.667. The van der Waals surface area contributed by atoms with Crippen LogP contribution in [0.4, 0.5) is 0 Å². The molecule has 2 heterocycles. The van der Waals surface area contributed by atoms with E-state index >= 15 is 0 Å². The van der Waals surface area contributed by atoms with Crippen LogP contribution in [0.2, 0.25) is 0 Å². The highest BCUT2D eigenvalue weighted by Crippen LogP contribution is 2.28. The van der Waals surface area contributed by atoms with Crippen molar-refractivity contribution in [3.05, 3.63) is 24.2 Å². The van der Waals surface area contributed by atoms with Gasteiger partial charge in [-0.05, 0) is 24.0 Å². The number of nitrogens with two attached hydrogens (primary N) is 1. The average molecular weight is 208 g/mol. The van der Waals surface area contributed by atoms with Crippen LogP contribution in [0.25, 0.3) is 0 Å². The smallest absolute Gasteiger partial charge is 0.117 e. The van der Waals surface area contributed by atoms with Gasteiger partial charge in [0.05, 0.1) is 12.8 Å². The molecule has 1 fully saturated rings. The summed E-state index contributed by atoms with van der Waals surface area (Å²) in [5.74, 6) is 1.04. The molecule has 1 aliphatic heterocycles. The number of rotatable bonds is 2. The first-order valence-electron chi connectivity index (χ1n) is 5.58. The van der Waals surface area contributed by atoms with Gasteiger partial charge in [0, 0.05) is 19.1 Å². The van der Waals surface area contributed by atoms with Gasteiger partial charge in [0.25, 0.3) is 0 Å². The van der Waals surface area contributed by atoms with Gasteiger partial charge < -0.3 is 10.2 Å². The van der Waals surface area contributed by atoms with E-state index in [4.69, 9.17) is 10.2 Å². The average Bonchev–Trinajstić information content (AvgIpc) is 2.63. The van der Waals surface area contributed by atoms with Gasteiger partial charge in [-0.2, -0.15) is 0 Å². The molecule has 0 aromatic carbocycles. The van der Waals surface area contributed by atoms with Crippen molar-refractivity contribution >= 4 is 0 Å². The summed E-state index contributed by atoms with van der Waals surface area (Å²) in [6, 6.07) is 4.29. The van der Waals surface area contributed by atoms with Crippen molar-refractivity contribution in [2.24, 2.45) is 11.1 Å². The van der Waals surface area contributed by atoms with Crippen molar-refractivity contribution in [2.75, 3.05) is 13.1 Å². The van der Waals surface area contributed by atoms with Crippen LogP contribution in [0.15, 0.2) is 22.8 Å². The number of furan rings is 1. The Kier molecular flexibility index (Phi) is 2.85. The highest BCUT2D eigenvalue weighted by Gasteiger charge is 2.33. The molecule has 0 amide bonds. The van der Waals surface area contributed by atoms with Gasteiger partial charge in [0.15, 0.2) is 0 Å². The zero-order valence-corrected chi connectivity index (χ0v) is 9.57. The van der Waals surface area contributed by atoms with Crippen LogP contribution in [0.5, 0.6) is 0 Å². The van der Waals surface area contributed by atoms with Crippen LogP contribution >= 0.6 is 0 Å². The Morgan fingerprint density at radius 1 is 1.60 bits per heavy atom. The molecular weight excluding hydrogens is 188 g/mol. The standard InChI is InChI=1S/C12H20N2O/c1-12(2)9-14(6-5-11(12)13)8-10-4-3-7-15-10/h3-4,7,11H,5-6,8-9,13H2,1-2H3. The van der Waals surface area contributed by atoms with Gasteiger partial charge in [0.1, 0.15) is 5.76 Å². The summed E-state index contributed by atoms with van der Waals surface area (Å²) in [5.41, 5.74) is 6.31. The lowest BCUT2D eigenvalue weighted by atomic mass is 9.80. The van der Waals surface area contributed by atoms with Crippen molar-refractivity contribution < 1.29 is 4.42 Å². The van der Waals surface area contributed by atoms with Crippen LogP contribution < -0.4 is 5.73 Å². The van der Waals surface area contributed by atoms with E-state index in [0.717, 1.165) is 31.8 Å². The molecule has 3 heteroatoms. The predicted molar refractivity (Wildman–Crippen MR) is 60.4 cm³/mol. The summed E-state index contributed by atoms with van der Waals surface area (Å²) in [4.78, 5) is 2.42. The van der Waals surface area contributed by atoms with E-state index in [2.05, 4.69) is 18.7 Å². The third-order valence-corrected chi connectivity index (χ3v) is 3.35. The molecule has 2 N–H and O–H groups in total. The number of piperidine rings is 1. The number of likely N-dealkylation sites (tertiary alicyclic amines) is 1. The Morgan fingerprint density at radius 3 is 3.00 bits per heavy atom. The molecular formula is C12H20N2O. The van der Waals surface area contributed by atoms with Crippen molar-refractivity contribution in [1.82, 2.24) is 4.90 Å². The second kappa shape index (κ2) is 3.99. The molecule has 1 unspecified atom stereocenters. The molecule has 1 saturated heterocycles. The third-order valence-electron chi connectivity index (χ3n) is 3.35. The first-order chi connectivity index (χ1) is 7.08. The SMILES string of the molecule is CC1(C)CN(Cc2ccco2)CCC1N. The van der Waals surface area contributed by atoms with E-state index in [0.29, 0.717) is 6.04 Å². The Labute approximate surface area is 91.2 Å². The molecule has 0 radical (unpaired) electrons. The van der Waals surface area contributed by atoms with Crippen molar-refractivity contribution in [2.45, 2.75) is 32.9 Å². The molecule has 1 aromatic heterocycles. The Hall–Kier alpha value is -0.800. The Bertz CT molecular complexity index is 305. The molecule has 15 heavy (non-hydrogen) atoms. The zero-order valence-electron chi connectivity index (χ0n) is 9.57. The number of hydrogen-bond donors (Lipinski definition) is 1. The minimum Gasteiger partial charge on any atom is -0.468 e. The normalized spacial score (nSPS) is 26.7. The maximum absolute atomic E-state index is 6.10. The maximum Gasteiger partial charge on any atom is 0.117 e. The zero-order chi connectivity index (χ0) is 10.9. The van der Waals surface area contributed by atoms with E-state index < -0.39 is 0 Å². The molecule has 0 spiro atoms. The van der Waals surface area contributed by atoms with E-state index in [1.165, 1.54) is 0 Å². The first kappa shape index (κ1) is 10.7. The Balaban J connectivity index is 1.95. The first-order valence-corrected chi connectivity index (χ1v) is 5.58. The summed E-state index contributed by atoms with van der Waals surface area (Å²) in [6.45, 7) is 7.52. The molecule has 0 saturated carbocycles. The lowest BCUT2D eigenvalue weighted by molar-refractivity contribution is 0.0844. The van der Waals surface area contributed by atoms with Crippen LogP contribution in [0.3, 0.4) is 0 Å². The van der Waals surface area contributed by atoms with Gasteiger partial charge in [-0.15, -0.1) is 0 Å². The molecule has 0 bridgehead atoms. The largest absolute Gasteiger partial charge is 0.468 e. The molecule has 1 aliphatic rings. The molecule has 0 aliphatic carbocycles. The summed E-state index contributed by atoms with van der Waals surface area (Å²) < 4.78 is 5.36. The topological polar surface area (TPSA) is 42.4 Å². The Morgan fingerprint density at radius 2 is 2.40 bits per heavy atom. The molecule has 84 valence electrons. The number of hydrogen-bond acceptors (Lipinski definition) is 3. The van der Waals surface area contributed by atoms with E-state index in [-0.39, 0.29) is 5.41 Å². The summed E-state index contributed by atoms with van der Waals surface area (Å²) >= 11 is 0. The monoisotopic (exact) mass is 208 g/mol. The molecule has 1 aromatic rings. The lowest BCUT2D eigenvalue weighted by Crippen LogP contribution is -2.51. The van der Waals surface area contributed by atoms with E-state index in [1.807, 2.05) is 12.1 Å². The van der Waals surface area contributed by atoms with Crippen molar-refractivity contribution in [1.29, 1.82) is 0 Å². The fourth-order valence-corrected chi connectivity index (χ4v) is 2.24. The van der Waals surface area contributed by atoms with Gasteiger partial charge >= 0.3 is 0 Å². The highest BCUT2D eigenvalue weighted by atomic mass is 16.3. The summed E-state index contributed by atoms with van der Waals surface area (Å²) in [6.07, 6.45) is 2.81. The van der Waals surface area contributed by atoms with Crippen LogP contribution in [0, 0.1) is 5.41 Å². The molecule has 2 rings (SSSR count). The third kappa shape index (κ3) is 2.41. The van der Waals surface area contributed by atoms with Crippen LogP contribution in [0.1, 0.15) is 26.0 Å². The van der Waals surface area contributed by atoms with Crippen molar-refractivity contribution in [3.8, 4) is 0 Å². The maximum atomic E-state index is 6.10. The summed E-state index contributed by atoms with van der Waals surface area (Å²) in [5, 5.41) is 0. The second-order valence-corrected chi connectivity index (χ2v) is 5.17. The minimum absolute atomic E-state index is 0.213. The van der Waals surface area contributed by atoms with Gasteiger partial charge in [-0.25, -0.2) is 0 Å². The summed E-state index contributed by atoms with van der Waals surface area (Å²) in [7, 11) is 0. The fourth-order valence-electron chi connectivity index (χ4n) is 2.24. The van der Waals surface area contributed by atoms with Gasteiger partial charge in [0.2, 0.25) is 0 Å². The quantitative estimate of drug-likeness (QED) is 0.806. The molecule has 3 nitrogen and oxygen atoms in total.